The van der Waals surface area contributed by atoms with E-state index in [4.69, 9.17) is 0 Å². The van der Waals surface area contributed by atoms with Crippen molar-refractivity contribution in [2.45, 2.75) is 71.9 Å². The van der Waals surface area contributed by atoms with Crippen LogP contribution in [0.4, 0.5) is 0 Å². The molecule has 1 rings (SSSR count). The monoisotopic (exact) mass is 268 g/mol. The van der Waals surface area contributed by atoms with Crippen molar-refractivity contribution in [2.75, 3.05) is 20.6 Å². The van der Waals surface area contributed by atoms with Crippen LogP contribution in [-0.4, -0.2) is 37.1 Å². The number of likely N-dealkylation sites (N-methyl/N-ethyl adjacent to an activating group) is 2. The van der Waals surface area contributed by atoms with Gasteiger partial charge < -0.3 is 10.2 Å². The van der Waals surface area contributed by atoms with Gasteiger partial charge in [-0.15, -0.1) is 0 Å². The number of rotatable bonds is 6. The van der Waals surface area contributed by atoms with Crippen LogP contribution in [-0.2, 0) is 0 Å². The largest absolute Gasteiger partial charge is 0.312 e. The van der Waals surface area contributed by atoms with Crippen LogP contribution in [0.5, 0.6) is 0 Å². The van der Waals surface area contributed by atoms with Crippen LogP contribution in [0.3, 0.4) is 0 Å². The molecule has 0 aliphatic heterocycles. The van der Waals surface area contributed by atoms with Gasteiger partial charge >= 0.3 is 0 Å². The Morgan fingerprint density at radius 3 is 2.00 bits per heavy atom. The van der Waals surface area contributed by atoms with Gasteiger partial charge in [0.15, 0.2) is 0 Å². The molecule has 0 aromatic rings. The molecule has 1 N–H and O–H groups in total. The van der Waals surface area contributed by atoms with E-state index in [1.165, 1.54) is 25.7 Å². The van der Waals surface area contributed by atoms with Crippen LogP contribution >= 0.6 is 0 Å². The predicted molar refractivity (Wildman–Crippen MR) is 85.5 cm³/mol. The van der Waals surface area contributed by atoms with Crippen molar-refractivity contribution in [3.05, 3.63) is 0 Å². The van der Waals surface area contributed by atoms with E-state index in [1.807, 2.05) is 0 Å². The molecule has 2 heteroatoms. The van der Waals surface area contributed by atoms with E-state index in [0.29, 0.717) is 6.04 Å². The molecule has 0 spiro atoms. The fourth-order valence-electron chi connectivity index (χ4n) is 4.21. The second kappa shape index (κ2) is 7.08. The quantitative estimate of drug-likeness (QED) is 0.789. The third-order valence-electron chi connectivity index (χ3n) is 5.52. The van der Waals surface area contributed by atoms with Gasteiger partial charge in [-0.05, 0) is 71.0 Å². The van der Waals surface area contributed by atoms with Crippen LogP contribution < -0.4 is 5.32 Å². The summed E-state index contributed by atoms with van der Waals surface area (Å²) in [6.07, 6.45) is 5.41. The maximum Gasteiger partial charge on any atom is 0.0328 e. The van der Waals surface area contributed by atoms with Gasteiger partial charge in [0.1, 0.15) is 0 Å². The minimum Gasteiger partial charge on any atom is -0.312 e. The third-order valence-corrected chi connectivity index (χ3v) is 5.52. The van der Waals surface area contributed by atoms with Gasteiger partial charge in [-0.1, -0.05) is 27.7 Å². The number of hydrogen-bond acceptors (Lipinski definition) is 2. The first-order valence-corrected chi connectivity index (χ1v) is 8.25. The maximum atomic E-state index is 3.82. The Morgan fingerprint density at radius 2 is 1.63 bits per heavy atom. The first-order chi connectivity index (χ1) is 8.85. The van der Waals surface area contributed by atoms with Crippen LogP contribution in [0.25, 0.3) is 0 Å². The van der Waals surface area contributed by atoms with Crippen LogP contribution in [0.15, 0.2) is 0 Å². The van der Waals surface area contributed by atoms with Gasteiger partial charge in [-0.3, -0.25) is 0 Å². The van der Waals surface area contributed by atoms with Gasteiger partial charge in [0.05, 0.1) is 0 Å². The summed E-state index contributed by atoms with van der Waals surface area (Å²) in [7, 11) is 4.48. The van der Waals surface area contributed by atoms with E-state index >= 15 is 0 Å². The lowest BCUT2D eigenvalue weighted by Gasteiger charge is -2.49. The van der Waals surface area contributed by atoms with Crippen LogP contribution in [0, 0.1) is 17.8 Å². The molecule has 1 fully saturated rings. The topological polar surface area (TPSA) is 15.3 Å². The van der Waals surface area contributed by atoms with Crippen molar-refractivity contribution in [3.63, 3.8) is 0 Å². The molecule has 0 aromatic heterocycles. The number of nitrogens with one attached hydrogen (secondary N) is 1. The first-order valence-electron chi connectivity index (χ1n) is 8.25. The Hall–Kier alpha value is -0.0800. The van der Waals surface area contributed by atoms with E-state index in [9.17, 15) is 0 Å². The Balaban J connectivity index is 2.92. The van der Waals surface area contributed by atoms with Crippen molar-refractivity contribution in [3.8, 4) is 0 Å². The smallest absolute Gasteiger partial charge is 0.0328 e. The molecule has 4 unspecified atom stereocenters. The van der Waals surface area contributed by atoms with Crippen LogP contribution in [0.2, 0.25) is 0 Å². The second-order valence-corrected chi connectivity index (χ2v) is 7.32. The summed E-state index contributed by atoms with van der Waals surface area (Å²) in [5, 5.41) is 3.82. The first kappa shape index (κ1) is 17.0. The van der Waals surface area contributed by atoms with E-state index < -0.39 is 0 Å². The van der Waals surface area contributed by atoms with Gasteiger partial charge in [0, 0.05) is 11.6 Å². The normalized spacial score (nSPS) is 33.2. The summed E-state index contributed by atoms with van der Waals surface area (Å²) in [5.74, 6) is 2.60. The fourth-order valence-corrected chi connectivity index (χ4v) is 4.21. The summed E-state index contributed by atoms with van der Waals surface area (Å²) in [4.78, 5) is 2.43. The maximum absolute atomic E-state index is 3.82. The van der Waals surface area contributed by atoms with E-state index in [0.717, 1.165) is 24.3 Å². The Labute approximate surface area is 121 Å². The SMILES string of the molecule is CCNC(C1CC(C)CC(C)C1)C(C)(CC)N(C)C. The molecule has 0 radical (unpaired) electrons. The molecule has 0 amide bonds. The molecule has 0 heterocycles. The van der Waals surface area contributed by atoms with Crippen molar-refractivity contribution in [1.82, 2.24) is 10.2 Å². The zero-order chi connectivity index (χ0) is 14.6. The van der Waals surface area contributed by atoms with E-state index in [1.54, 1.807) is 0 Å². The molecule has 19 heavy (non-hydrogen) atoms. The standard InChI is InChI=1S/C17H36N2/c1-8-17(5,19(6)7)16(18-9-2)15-11-13(3)10-14(4)12-15/h13-16,18H,8-12H2,1-7H3. The van der Waals surface area contributed by atoms with Gasteiger partial charge in [-0.25, -0.2) is 0 Å². The highest BCUT2D eigenvalue weighted by atomic mass is 15.2. The molecular weight excluding hydrogens is 232 g/mol. The molecule has 0 saturated heterocycles. The molecule has 0 aromatic carbocycles. The number of hydrogen-bond donors (Lipinski definition) is 1. The van der Waals surface area contributed by atoms with Crippen molar-refractivity contribution in [1.29, 1.82) is 0 Å². The molecule has 1 saturated carbocycles. The summed E-state index contributed by atoms with van der Waals surface area (Å²) in [5.41, 5.74) is 0.261. The zero-order valence-electron chi connectivity index (χ0n) is 14.3. The average Bonchev–Trinajstić information content (AvgIpc) is 2.33. The lowest BCUT2D eigenvalue weighted by Crippen LogP contribution is -2.60. The van der Waals surface area contributed by atoms with E-state index in [2.05, 4.69) is 58.9 Å². The van der Waals surface area contributed by atoms with Crippen molar-refractivity contribution < 1.29 is 0 Å². The van der Waals surface area contributed by atoms with Gasteiger partial charge in [0.25, 0.3) is 0 Å². The van der Waals surface area contributed by atoms with E-state index in [-0.39, 0.29) is 5.54 Å². The van der Waals surface area contributed by atoms with Gasteiger partial charge in [0.2, 0.25) is 0 Å². The summed E-state index contributed by atoms with van der Waals surface area (Å²) >= 11 is 0. The van der Waals surface area contributed by atoms with Gasteiger partial charge in [-0.2, -0.15) is 0 Å². The average molecular weight is 268 g/mol. The highest BCUT2D eigenvalue weighted by Gasteiger charge is 2.41. The number of nitrogens with zero attached hydrogens (tertiary/aromatic N) is 1. The highest BCUT2D eigenvalue weighted by molar-refractivity contribution is 4.99. The summed E-state index contributed by atoms with van der Waals surface area (Å²) in [6.45, 7) is 13.0. The zero-order valence-corrected chi connectivity index (χ0v) is 14.3. The fraction of sp³-hybridized carbons (Fsp3) is 1.00. The molecule has 1 aliphatic rings. The molecule has 2 nitrogen and oxygen atoms in total. The molecule has 4 atom stereocenters. The molecule has 0 bridgehead atoms. The molecular formula is C17H36N2. The van der Waals surface area contributed by atoms with Crippen molar-refractivity contribution in [2.24, 2.45) is 17.8 Å². The Bertz CT molecular complexity index is 254. The lowest BCUT2D eigenvalue weighted by atomic mass is 9.68. The third kappa shape index (κ3) is 3.95. The molecule has 1 aliphatic carbocycles. The summed E-state index contributed by atoms with van der Waals surface area (Å²) < 4.78 is 0. The second-order valence-electron chi connectivity index (χ2n) is 7.32. The minimum absolute atomic E-state index is 0.261. The predicted octanol–water partition coefficient (Wildman–Crippen LogP) is 3.77. The lowest BCUT2D eigenvalue weighted by molar-refractivity contribution is 0.0510. The minimum atomic E-state index is 0.261. The summed E-state index contributed by atoms with van der Waals surface area (Å²) in [6, 6.07) is 0.614. The Morgan fingerprint density at radius 1 is 1.11 bits per heavy atom. The van der Waals surface area contributed by atoms with Crippen LogP contribution in [0.1, 0.15) is 60.3 Å². The Kier molecular flexibility index (Phi) is 6.32. The molecule has 114 valence electrons. The highest BCUT2D eigenvalue weighted by Crippen LogP contribution is 2.39. The van der Waals surface area contributed by atoms with Crippen molar-refractivity contribution >= 4 is 0 Å².